The SMILES string of the molecule is CN(C)C(=O)Cn1c(-c2ccccc2)c(-c2ccccc2)c2sc(C(=O)O)cc21. The molecule has 0 aliphatic rings. The van der Waals surface area contributed by atoms with Crippen LogP contribution in [0.4, 0.5) is 0 Å². The lowest BCUT2D eigenvalue weighted by molar-refractivity contribution is -0.129. The van der Waals surface area contributed by atoms with Crippen molar-refractivity contribution in [2.24, 2.45) is 0 Å². The van der Waals surface area contributed by atoms with Gasteiger partial charge in [0, 0.05) is 19.7 Å². The lowest BCUT2D eigenvalue weighted by atomic mass is 10.0. The normalized spacial score (nSPS) is 11.0. The van der Waals surface area contributed by atoms with Gasteiger partial charge >= 0.3 is 5.97 Å². The van der Waals surface area contributed by atoms with E-state index in [-0.39, 0.29) is 17.3 Å². The molecule has 4 aromatic rings. The molecule has 146 valence electrons. The first-order valence-electron chi connectivity index (χ1n) is 9.17. The maximum atomic E-state index is 12.6. The van der Waals surface area contributed by atoms with Crippen molar-refractivity contribution in [3.8, 4) is 22.4 Å². The fraction of sp³-hybridized carbons (Fsp3) is 0.130. The van der Waals surface area contributed by atoms with E-state index in [1.54, 1.807) is 25.1 Å². The van der Waals surface area contributed by atoms with E-state index < -0.39 is 5.97 Å². The van der Waals surface area contributed by atoms with Crippen LogP contribution >= 0.6 is 11.3 Å². The summed E-state index contributed by atoms with van der Waals surface area (Å²) < 4.78 is 2.82. The summed E-state index contributed by atoms with van der Waals surface area (Å²) in [7, 11) is 3.44. The van der Waals surface area contributed by atoms with E-state index in [2.05, 4.69) is 0 Å². The molecular formula is C23H20N2O3S. The van der Waals surface area contributed by atoms with Crippen molar-refractivity contribution in [3.05, 3.63) is 71.6 Å². The molecule has 0 radical (unpaired) electrons. The summed E-state index contributed by atoms with van der Waals surface area (Å²) in [6, 6.07) is 21.5. The third-order valence-corrected chi connectivity index (χ3v) is 5.98. The number of amides is 1. The van der Waals surface area contributed by atoms with Gasteiger partial charge in [-0.25, -0.2) is 4.79 Å². The van der Waals surface area contributed by atoms with Gasteiger partial charge in [-0.3, -0.25) is 4.79 Å². The van der Waals surface area contributed by atoms with Crippen LogP contribution in [0.25, 0.3) is 32.6 Å². The minimum Gasteiger partial charge on any atom is -0.477 e. The smallest absolute Gasteiger partial charge is 0.345 e. The van der Waals surface area contributed by atoms with Crippen LogP contribution in [0.3, 0.4) is 0 Å². The van der Waals surface area contributed by atoms with Crippen molar-refractivity contribution in [2.45, 2.75) is 6.54 Å². The Morgan fingerprint density at radius 3 is 2.10 bits per heavy atom. The number of carbonyl (C=O) groups is 2. The highest BCUT2D eigenvalue weighted by atomic mass is 32.1. The van der Waals surface area contributed by atoms with Gasteiger partial charge in [0.1, 0.15) is 11.4 Å². The van der Waals surface area contributed by atoms with Crippen LogP contribution < -0.4 is 0 Å². The average molecular weight is 404 g/mol. The van der Waals surface area contributed by atoms with Crippen LogP contribution in [0, 0.1) is 0 Å². The Balaban J connectivity index is 2.09. The highest BCUT2D eigenvalue weighted by Crippen LogP contribution is 2.44. The van der Waals surface area contributed by atoms with Crippen LogP contribution in [0.1, 0.15) is 9.67 Å². The van der Waals surface area contributed by atoms with Crippen molar-refractivity contribution in [2.75, 3.05) is 14.1 Å². The first kappa shape index (κ1) is 19.0. The monoisotopic (exact) mass is 404 g/mol. The maximum absolute atomic E-state index is 12.6. The van der Waals surface area contributed by atoms with Gasteiger partial charge in [-0.15, -0.1) is 11.3 Å². The lowest BCUT2D eigenvalue weighted by Crippen LogP contribution is -2.26. The molecule has 1 amide bonds. The molecule has 0 aliphatic heterocycles. The topological polar surface area (TPSA) is 62.5 Å². The van der Waals surface area contributed by atoms with E-state index in [4.69, 9.17) is 0 Å². The van der Waals surface area contributed by atoms with Crippen LogP contribution in [-0.4, -0.2) is 40.5 Å². The summed E-state index contributed by atoms with van der Waals surface area (Å²) in [5.74, 6) is -1.02. The largest absolute Gasteiger partial charge is 0.477 e. The number of benzene rings is 2. The second-order valence-corrected chi connectivity index (χ2v) is 8.01. The minimum absolute atomic E-state index is 0.0539. The third-order valence-electron chi connectivity index (χ3n) is 4.85. The molecule has 2 heterocycles. The predicted molar refractivity (Wildman–Crippen MR) is 116 cm³/mol. The molecular weight excluding hydrogens is 384 g/mol. The van der Waals surface area contributed by atoms with Gasteiger partial charge in [-0.2, -0.15) is 0 Å². The summed E-state index contributed by atoms with van der Waals surface area (Å²) in [5.41, 5.74) is 4.62. The lowest BCUT2D eigenvalue weighted by Gasteiger charge is -2.16. The number of rotatable bonds is 5. The van der Waals surface area contributed by atoms with E-state index in [9.17, 15) is 14.7 Å². The molecule has 6 heteroatoms. The molecule has 4 rings (SSSR count). The molecule has 0 spiro atoms. The number of likely N-dealkylation sites (N-methyl/N-ethyl adjacent to an activating group) is 1. The van der Waals surface area contributed by atoms with Gasteiger partial charge in [-0.1, -0.05) is 60.7 Å². The van der Waals surface area contributed by atoms with Crippen LogP contribution in [0.15, 0.2) is 66.7 Å². The van der Waals surface area contributed by atoms with Gasteiger partial charge in [-0.05, 0) is 17.2 Å². The number of hydrogen-bond acceptors (Lipinski definition) is 3. The van der Waals surface area contributed by atoms with E-state index in [1.807, 2.05) is 65.2 Å². The standard InChI is InChI=1S/C23H20N2O3S/c1-24(2)19(26)14-25-17-13-18(23(27)28)29-22(17)20(15-9-5-3-6-10-15)21(25)16-11-7-4-8-12-16/h3-13H,14H2,1-2H3,(H,27,28). The molecule has 0 saturated heterocycles. The quantitative estimate of drug-likeness (QED) is 0.519. The molecule has 1 N–H and O–H groups in total. The molecule has 2 aromatic carbocycles. The van der Waals surface area contributed by atoms with E-state index in [0.717, 1.165) is 32.6 Å². The molecule has 5 nitrogen and oxygen atoms in total. The number of aromatic nitrogens is 1. The first-order chi connectivity index (χ1) is 14.0. The first-order valence-corrected chi connectivity index (χ1v) is 9.99. The predicted octanol–water partition coefficient (Wildman–Crippen LogP) is 4.82. The number of thiophene rings is 1. The Labute approximate surface area is 172 Å². The summed E-state index contributed by atoms with van der Waals surface area (Å²) in [4.78, 5) is 26.1. The second-order valence-electron chi connectivity index (χ2n) is 6.96. The van der Waals surface area contributed by atoms with Crippen LogP contribution in [0.5, 0.6) is 0 Å². The number of carbonyl (C=O) groups excluding carboxylic acids is 1. The number of fused-ring (bicyclic) bond motifs is 1. The zero-order valence-electron chi connectivity index (χ0n) is 16.1. The highest BCUT2D eigenvalue weighted by molar-refractivity contribution is 7.21. The zero-order chi connectivity index (χ0) is 20.5. The summed E-state index contributed by atoms with van der Waals surface area (Å²) in [6.45, 7) is 0.135. The minimum atomic E-state index is -0.961. The van der Waals surface area contributed by atoms with Gasteiger partial charge in [0.15, 0.2) is 0 Å². The molecule has 0 bridgehead atoms. The number of aromatic carboxylic acids is 1. The van der Waals surface area contributed by atoms with E-state index >= 15 is 0 Å². The summed E-state index contributed by atoms with van der Waals surface area (Å²) in [6.07, 6.45) is 0. The Kier molecular flexibility index (Phi) is 4.94. The molecule has 0 fully saturated rings. The number of hydrogen-bond donors (Lipinski definition) is 1. The Hall–Kier alpha value is -3.38. The summed E-state index contributed by atoms with van der Waals surface area (Å²) in [5, 5.41) is 9.54. The Bertz CT molecular complexity index is 1190. The number of carboxylic acids is 1. The maximum Gasteiger partial charge on any atom is 0.345 e. The average Bonchev–Trinajstić information content (AvgIpc) is 3.27. The Morgan fingerprint density at radius 1 is 0.966 bits per heavy atom. The van der Waals surface area contributed by atoms with E-state index in [1.165, 1.54) is 11.3 Å². The third kappa shape index (κ3) is 3.43. The molecule has 0 atom stereocenters. The van der Waals surface area contributed by atoms with Crippen LogP contribution in [-0.2, 0) is 11.3 Å². The van der Waals surface area contributed by atoms with Crippen molar-refractivity contribution < 1.29 is 14.7 Å². The molecule has 0 aliphatic carbocycles. The Morgan fingerprint density at radius 2 is 1.55 bits per heavy atom. The fourth-order valence-electron chi connectivity index (χ4n) is 3.44. The highest BCUT2D eigenvalue weighted by Gasteiger charge is 2.25. The fourth-order valence-corrected chi connectivity index (χ4v) is 4.51. The van der Waals surface area contributed by atoms with E-state index in [0.29, 0.717) is 0 Å². The van der Waals surface area contributed by atoms with Crippen LogP contribution in [0.2, 0.25) is 0 Å². The van der Waals surface area contributed by atoms with Gasteiger partial charge in [0.25, 0.3) is 0 Å². The van der Waals surface area contributed by atoms with Crippen molar-refractivity contribution >= 4 is 33.4 Å². The molecule has 29 heavy (non-hydrogen) atoms. The van der Waals surface area contributed by atoms with Crippen molar-refractivity contribution in [1.82, 2.24) is 9.47 Å². The van der Waals surface area contributed by atoms with Gasteiger partial charge < -0.3 is 14.6 Å². The van der Waals surface area contributed by atoms with Gasteiger partial charge in [0.05, 0.1) is 15.9 Å². The zero-order valence-corrected chi connectivity index (χ0v) is 16.9. The second kappa shape index (κ2) is 7.56. The summed E-state index contributed by atoms with van der Waals surface area (Å²) >= 11 is 1.25. The van der Waals surface area contributed by atoms with Crippen molar-refractivity contribution in [3.63, 3.8) is 0 Å². The number of nitrogens with zero attached hydrogens (tertiary/aromatic N) is 2. The molecule has 0 unspecified atom stereocenters. The number of carboxylic acid groups (broad SMARTS) is 1. The van der Waals surface area contributed by atoms with Crippen molar-refractivity contribution in [1.29, 1.82) is 0 Å². The van der Waals surface area contributed by atoms with Gasteiger partial charge in [0.2, 0.25) is 5.91 Å². The molecule has 2 aromatic heterocycles. The molecule has 0 saturated carbocycles.